The average Bonchev–Trinajstić information content (AvgIpc) is 2.17. The molecule has 1 aromatic rings. The largest absolute Gasteiger partial charge is 0.103 e. The highest BCUT2D eigenvalue weighted by molar-refractivity contribution is 5.14. The summed E-state index contributed by atoms with van der Waals surface area (Å²) < 4.78 is 0. The minimum Gasteiger partial charge on any atom is -0.103 e. The molecular weight excluding hydrogens is 156 g/mol. The predicted octanol–water partition coefficient (Wildman–Crippen LogP) is 3.83. The van der Waals surface area contributed by atoms with Crippen molar-refractivity contribution in [3.05, 3.63) is 48.6 Å². The Morgan fingerprint density at radius 2 is 2.00 bits per heavy atom. The fraction of sp³-hybridized carbons (Fsp3) is 0.385. The maximum absolute atomic E-state index is 3.76. The summed E-state index contributed by atoms with van der Waals surface area (Å²) in [6.45, 7) is 6.04. The topological polar surface area (TPSA) is 0 Å². The summed E-state index contributed by atoms with van der Waals surface area (Å²) in [5, 5.41) is 0. The van der Waals surface area contributed by atoms with Crippen LogP contribution in [0.4, 0.5) is 0 Å². The van der Waals surface area contributed by atoms with Gasteiger partial charge in [-0.1, -0.05) is 43.3 Å². The van der Waals surface area contributed by atoms with Crippen molar-refractivity contribution in [1.29, 1.82) is 0 Å². The van der Waals surface area contributed by atoms with E-state index in [2.05, 4.69) is 43.8 Å². The molecule has 0 unspecified atom stereocenters. The van der Waals surface area contributed by atoms with Gasteiger partial charge in [-0.3, -0.25) is 0 Å². The van der Waals surface area contributed by atoms with Gasteiger partial charge in [-0.2, -0.15) is 0 Å². The zero-order valence-electron chi connectivity index (χ0n) is 8.37. The number of hydrogen-bond acceptors (Lipinski definition) is 0. The first-order chi connectivity index (χ1) is 6.33. The van der Waals surface area contributed by atoms with E-state index < -0.39 is 0 Å². The van der Waals surface area contributed by atoms with E-state index in [0.717, 1.165) is 12.3 Å². The van der Waals surface area contributed by atoms with Crippen LogP contribution in [0.5, 0.6) is 0 Å². The van der Waals surface area contributed by atoms with E-state index in [-0.39, 0.29) is 0 Å². The summed E-state index contributed by atoms with van der Waals surface area (Å²) in [6.07, 6.45) is 5.59. The van der Waals surface area contributed by atoms with Gasteiger partial charge in [0.05, 0.1) is 0 Å². The molecule has 0 saturated carbocycles. The zero-order chi connectivity index (χ0) is 9.52. The Kier molecular flexibility index (Phi) is 4.31. The molecule has 0 spiro atoms. The van der Waals surface area contributed by atoms with Gasteiger partial charge in [-0.15, -0.1) is 6.58 Å². The van der Waals surface area contributed by atoms with Gasteiger partial charge in [0.1, 0.15) is 0 Å². The first-order valence-electron chi connectivity index (χ1n) is 4.97. The Labute approximate surface area is 81.3 Å². The normalized spacial score (nSPS) is 12.4. The molecule has 0 aliphatic heterocycles. The molecule has 1 atom stereocenters. The molecule has 0 bridgehead atoms. The van der Waals surface area contributed by atoms with Crippen molar-refractivity contribution in [1.82, 2.24) is 0 Å². The van der Waals surface area contributed by atoms with Crippen LogP contribution < -0.4 is 0 Å². The van der Waals surface area contributed by atoms with Gasteiger partial charge in [0.2, 0.25) is 0 Å². The SMILES string of the molecule is C=CC[C@H](C)CCc1ccccc1. The van der Waals surface area contributed by atoms with Crippen LogP contribution in [0.2, 0.25) is 0 Å². The minimum absolute atomic E-state index is 0.762. The monoisotopic (exact) mass is 174 g/mol. The van der Waals surface area contributed by atoms with Crippen molar-refractivity contribution in [3.63, 3.8) is 0 Å². The molecule has 0 saturated heterocycles. The second-order valence-corrected chi connectivity index (χ2v) is 3.65. The van der Waals surface area contributed by atoms with Crippen LogP contribution in [0.25, 0.3) is 0 Å². The Morgan fingerprint density at radius 3 is 2.62 bits per heavy atom. The molecule has 0 heteroatoms. The second-order valence-electron chi connectivity index (χ2n) is 3.65. The quantitative estimate of drug-likeness (QED) is 0.595. The van der Waals surface area contributed by atoms with Gasteiger partial charge >= 0.3 is 0 Å². The van der Waals surface area contributed by atoms with Crippen LogP contribution in [0.15, 0.2) is 43.0 Å². The van der Waals surface area contributed by atoms with Crippen molar-refractivity contribution in [2.75, 3.05) is 0 Å². The molecule has 0 fully saturated rings. The molecule has 0 nitrogen and oxygen atoms in total. The fourth-order valence-electron chi connectivity index (χ4n) is 1.46. The number of benzene rings is 1. The van der Waals surface area contributed by atoms with Crippen molar-refractivity contribution in [2.24, 2.45) is 5.92 Å². The maximum atomic E-state index is 3.76. The van der Waals surface area contributed by atoms with Crippen LogP contribution in [0.3, 0.4) is 0 Å². The number of aryl methyl sites for hydroxylation is 1. The van der Waals surface area contributed by atoms with Gasteiger partial charge in [-0.25, -0.2) is 0 Å². The average molecular weight is 174 g/mol. The molecule has 70 valence electrons. The standard InChI is InChI=1S/C13H18/c1-3-7-12(2)10-11-13-8-5-4-6-9-13/h3-6,8-9,12H,1,7,10-11H2,2H3/t12-/m0/s1. The molecule has 0 N–H and O–H groups in total. The van der Waals surface area contributed by atoms with Crippen LogP contribution >= 0.6 is 0 Å². The highest BCUT2D eigenvalue weighted by Gasteiger charge is 1.99. The van der Waals surface area contributed by atoms with E-state index in [0.29, 0.717) is 0 Å². The van der Waals surface area contributed by atoms with Gasteiger partial charge < -0.3 is 0 Å². The summed E-state index contributed by atoms with van der Waals surface area (Å²) in [7, 11) is 0. The maximum Gasteiger partial charge on any atom is -0.0276 e. The molecule has 1 rings (SSSR count). The summed E-state index contributed by atoms with van der Waals surface area (Å²) in [4.78, 5) is 0. The molecule has 0 heterocycles. The lowest BCUT2D eigenvalue weighted by Gasteiger charge is -2.07. The Morgan fingerprint density at radius 1 is 1.31 bits per heavy atom. The predicted molar refractivity (Wildman–Crippen MR) is 58.7 cm³/mol. The lowest BCUT2D eigenvalue weighted by atomic mass is 9.98. The zero-order valence-corrected chi connectivity index (χ0v) is 8.37. The van der Waals surface area contributed by atoms with Crippen molar-refractivity contribution in [3.8, 4) is 0 Å². The van der Waals surface area contributed by atoms with Gasteiger partial charge in [0.25, 0.3) is 0 Å². The van der Waals surface area contributed by atoms with E-state index in [1.165, 1.54) is 18.4 Å². The molecule has 0 aliphatic carbocycles. The first-order valence-corrected chi connectivity index (χ1v) is 4.97. The summed E-state index contributed by atoms with van der Waals surface area (Å²) in [5.74, 6) is 0.762. The van der Waals surface area contributed by atoms with E-state index in [4.69, 9.17) is 0 Å². The van der Waals surface area contributed by atoms with Crippen molar-refractivity contribution in [2.45, 2.75) is 26.2 Å². The molecule has 0 aromatic heterocycles. The third-order valence-corrected chi connectivity index (χ3v) is 2.34. The van der Waals surface area contributed by atoms with Crippen LogP contribution in [0, 0.1) is 5.92 Å². The van der Waals surface area contributed by atoms with E-state index in [9.17, 15) is 0 Å². The van der Waals surface area contributed by atoms with Gasteiger partial charge in [-0.05, 0) is 30.7 Å². The number of allylic oxidation sites excluding steroid dienone is 1. The molecule has 13 heavy (non-hydrogen) atoms. The smallest absolute Gasteiger partial charge is 0.0276 e. The van der Waals surface area contributed by atoms with Crippen molar-refractivity contribution < 1.29 is 0 Å². The molecule has 0 amide bonds. The molecule has 0 aliphatic rings. The summed E-state index contributed by atoms with van der Waals surface area (Å²) in [5.41, 5.74) is 1.44. The summed E-state index contributed by atoms with van der Waals surface area (Å²) >= 11 is 0. The molecule has 0 radical (unpaired) electrons. The van der Waals surface area contributed by atoms with Crippen LogP contribution in [0.1, 0.15) is 25.3 Å². The fourth-order valence-corrected chi connectivity index (χ4v) is 1.46. The lowest BCUT2D eigenvalue weighted by Crippen LogP contribution is -1.95. The third-order valence-electron chi connectivity index (χ3n) is 2.34. The van der Waals surface area contributed by atoms with Crippen LogP contribution in [-0.2, 0) is 6.42 Å². The Balaban J connectivity index is 2.30. The second kappa shape index (κ2) is 5.58. The highest BCUT2D eigenvalue weighted by atomic mass is 14.0. The first kappa shape index (κ1) is 10.0. The number of rotatable bonds is 5. The third kappa shape index (κ3) is 3.93. The van der Waals surface area contributed by atoms with E-state index in [1.807, 2.05) is 6.08 Å². The van der Waals surface area contributed by atoms with Gasteiger partial charge in [0, 0.05) is 0 Å². The van der Waals surface area contributed by atoms with Gasteiger partial charge in [0.15, 0.2) is 0 Å². The van der Waals surface area contributed by atoms with Crippen LogP contribution in [-0.4, -0.2) is 0 Å². The lowest BCUT2D eigenvalue weighted by molar-refractivity contribution is 0.541. The van der Waals surface area contributed by atoms with Crippen molar-refractivity contribution >= 4 is 0 Å². The van der Waals surface area contributed by atoms with E-state index in [1.54, 1.807) is 0 Å². The minimum atomic E-state index is 0.762. The summed E-state index contributed by atoms with van der Waals surface area (Å²) in [6, 6.07) is 10.7. The Bertz CT molecular complexity index is 235. The molecule has 1 aromatic carbocycles. The van der Waals surface area contributed by atoms with E-state index >= 15 is 0 Å². The number of hydrogen-bond donors (Lipinski definition) is 0. The Hall–Kier alpha value is -1.04. The molecular formula is C13H18. The highest BCUT2D eigenvalue weighted by Crippen LogP contribution is 2.12.